The fourth-order valence-corrected chi connectivity index (χ4v) is 4.19. The first-order valence-corrected chi connectivity index (χ1v) is 7.90. The standard InChI is InChI=1S/C9H6ClF4N3O2S2/c1-3-5(9(12,13)14)6(17-16-3)7(11)21(18,19)8-15-2-4(10)20-8/h2,7H,1H3,(H,16,17). The van der Waals surface area contributed by atoms with Crippen LogP contribution in [0, 0.1) is 6.92 Å². The van der Waals surface area contributed by atoms with Crippen LogP contribution in [0.3, 0.4) is 0 Å². The van der Waals surface area contributed by atoms with E-state index in [9.17, 15) is 26.0 Å². The van der Waals surface area contributed by atoms with E-state index in [1.807, 2.05) is 5.10 Å². The number of hydrogen-bond acceptors (Lipinski definition) is 5. The molecule has 2 rings (SSSR count). The first-order valence-electron chi connectivity index (χ1n) is 5.16. The first kappa shape index (κ1) is 16.2. The molecular formula is C9H6ClF4N3O2S2. The maximum Gasteiger partial charge on any atom is 0.420 e. The van der Waals surface area contributed by atoms with E-state index in [-0.39, 0.29) is 4.34 Å². The summed E-state index contributed by atoms with van der Waals surface area (Å²) >= 11 is 5.94. The highest BCUT2D eigenvalue weighted by molar-refractivity contribution is 7.93. The van der Waals surface area contributed by atoms with Crippen molar-refractivity contribution in [3.8, 4) is 0 Å². The average Bonchev–Trinajstić information content (AvgIpc) is 2.93. The number of aromatic amines is 1. The minimum absolute atomic E-state index is 0.0324. The molecule has 0 saturated carbocycles. The molecule has 1 N–H and O–H groups in total. The lowest BCUT2D eigenvalue weighted by Crippen LogP contribution is -2.16. The first-order chi connectivity index (χ1) is 9.55. The molecule has 1 unspecified atom stereocenters. The van der Waals surface area contributed by atoms with E-state index in [2.05, 4.69) is 10.1 Å². The van der Waals surface area contributed by atoms with Gasteiger partial charge in [-0.25, -0.2) is 17.8 Å². The molecule has 0 aliphatic carbocycles. The van der Waals surface area contributed by atoms with Crippen molar-refractivity contribution in [3.63, 3.8) is 0 Å². The third kappa shape index (κ3) is 2.90. The van der Waals surface area contributed by atoms with Gasteiger partial charge in [0.2, 0.25) is 14.2 Å². The summed E-state index contributed by atoms with van der Waals surface area (Å²) in [6, 6.07) is 0. The second-order valence-corrected chi connectivity index (χ2v) is 7.71. The van der Waals surface area contributed by atoms with Crippen molar-refractivity contribution in [3.05, 3.63) is 27.5 Å². The lowest BCUT2D eigenvalue weighted by atomic mass is 10.2. The predicted octanol–water partition coefficient (Wildman–Crippen LogP) is 3.29. The number of halogens is 5. The molecule has 2 heterocycles. The number of hydrogen-bond donors (Lipinski definition) is 1. The van der Waals surface area contributed by atoms with Gasteiger partial charge in [0.1, 0.15) is 15.6 Å². The van der Waals surface area contributed by atoms with E-state index in [1.54, 1.807) is 0 Å². The number of rotatable bonds is 3. The van der Waals surface area contributed by atoms with Crippen molar-refractivity contribution in [2.24, 2.45) is 0 Å². The quantitative estimate of drug-likeness (QED) is 0.849. The van der Waals surface area contributed by atoms with Gasteiger partial charge in [-0.2, -0.15) is 18.3 Å². The van der Waals surface area contributed by atoms with Gasteiger partial charge in [-0.1, -0.05) is 22.9 Å². The highest BCUT2D eigenvalue weighted by atomic mass is 35.5. The van der Waals surface area contributed by atoms with E-state index in [1.165, 1.54) is 0 Å². The Hall–Kier alpha value is -1.20. The van der Waals surface area contributed by atoms with Crippen LogP contribution in [-0.2, 0) is 16.0 Å². The summed E-state index contributed by atoms with van der Waals surface area (Å²) in [6.45, 7) is 1.01. The molecule has 0 amide bonds. The Kier molecular flexibility index (Phi) is 4.02. The fourth-order valence-electron chi connectivity index (χ4n) is 1.58. The monoisotopic (exact) mass is 363 g/mol. The number of nitrogens with one attached hydrogen (secondary N) is 1. The van der Waals surface area contributed by atoms with Gasteiger partial charge in [-0.15, -0.1) is 0 Å². The average molecular weight is 364 g/mol. The summed E-state index contributed by atoms with van der Waals surface area (Å²) in [4.78, 5) is 3.37. The topological polar surface area (TPSA) is 75.7 Å². The third-order valence-corrected chi connectivity index (χ3v) is 5.66. The van der Waals surface area contributed by atoms with Crippen LogP contribution in [0.15, 0.2) is 10.5 Å². The Morgan fingerprint density at radius 2 is 2.05 bits per heavy atom. The normalized spacial score (nSPS) is 14.4. The number of H-pyrrole nitrogens is 1. The summed E-state index contributed by atoms with van der Waals surface area (Å²) in [6.07, 6.45) is -3.97. The summed E-state index contributed by atoms with van der Waals surface area (Å²) in [5.74, 6) is 0. The minimum atomic E-state index is -4.94. The van der Waals surface area contributed by atoms with E-state index < -0.39 is 42.8 Å². The largest absolute Gasteiger partial charge is 0.420 e. The molecule has 0 bridgehead atoms. The molecule has 12 heteroatoms. The van der Waals surface area contributed by atoms with Gasteiger partial charge in [0.25, 0.3) is 5.50 Å². The van der Waals surface area contributed by atoms with Crippen molar-refractivity contribution < 1.29 is 26.0 Å². The third-order valence-electron chi connectivity index (χ3n) is 2.45. The maximum atomic E-state index is 14.2. The summed E-state index contributed by atoms with van der Waals surface area (Å²) < 4.78 is 75.8. The van der Waals surface area contributed by atoms with Gasteiger partial charge in [0.05, 0.1) is 6.20 Å². The molecular weight excluding hydrogens is 358 g/mol. The van der Waals surface area contributed by atoms with E-state index in [4.69, 9.17) is 11.6 Å². The molecule has 0 fully saturated rings. The lowest BCUT2D eigenvalue weighted by molar-refractivity contribution is -0.138. The fraction of sp³-hybridized carbons (Fsp3) is 0.333. The zero-order chi connectivity index (χ0) is 16.0. The van der Waals surface area contributed by atoms with Gasteiger partial charge in [0, 0.05) is 5.69 Å². The molecule has 0 saturated heterocycles. The van der Waals surface area contributed by atoms with Crippen molar-refractivity contribution >= 4 is 32.8 Å². The summed E-state index contributed by atoms with van der Waals surface area (Å²) in [5, 5.41) is 5.06. The Morgan fingerprint density at radius 3 is 2.52 bits per heavy atom. The highest BCUT2D eigenvalue weighted by Gasteiger charge is 2.44. The maximum absolute atomic E-state index is 14.2. The summed E-state index contributed by atoms with van der Waals surface area (Å²) in [5.41, 5.74) is -6.17. The second-order valence-electron chi connectivity index (χ2n) is 3.90. The molecule has 116 valence electrons. The number of aryl methyl sites for hydroxylation is 1. The number of sulfone groups is 1. The van der Waals surface area contributed by atoms with E-state index in [0.717, 1.165) is 13.1 Å². The van der Waals surface area contributed by atoms with Crippen LogP contribution < -0.4 is 0 Å². The zero-order valence-corrected chi connectivity index (χ0v) is 12.5. The molecule has 2 aromatic heterocycles. The van der Waals surface area contributed by atoms with Crippen LogP contribution in [0.1, 0.15) is 22.5 Å². The number of thiazole rings is 1. The predicted molar refractivity (Wildman–Crippen MR) is 66.5 cm³/mol. The molecule has 0 radical (unpaired) electrons. The molecule has 21 heavy (non-hydrogen) atoms. The van der Waals surface area contributed by atoms with Gasteiger partial charge in [0.15, 0.2) is 0 Å². The van der Waals surface area contributed by atoms with E-state index in [0.29, 0.717) is 11.3 Å². The van der Waals surface area contributed by atoms with Crippen molar-refractivity contribution in [1.29, 1.82) is 0 Å². The molecule has 1 atom stereocenters. The van der Waals surface area contributed by atoms with Gasteiger partial charge in [-0.3, -0.25) is 5.10 Å². The number of nitrogens with zero attached hydrogens (tertiary/aromatic N) is 2. The molecule has 0 aliphatic heterocycles. The van der Waals surface area contributed by atoms with Gasteiger partial charge in [-0.05, 0) is 6.92 Å². The van der Waals surface area contributed by atoms with E-state index >= 15 is 0 Å². The number of alkyl halides is 4. The van der Waals surface area contributed by atoms with Crippen LogP contribution in [0.5, 0.6) is 0 Å². The van der Waals surface area contributed by atoms with Gasteiger partial charge >= 0.3 is 6.18 Å². The number of aromatic nitrogens is 3. The molecule has 2 aromatic rings. The Labute approximate surface area is 124 Å². The van der Waals surface area contributed by atoms with Crippen LogP contribution in [0.25, 0.3) is 0 Å². The van der Waals surface area contributed by atoms with Crippen LogP contribution in [0.4, 0.5) is 17.6 Å². The highest BCUT2D eigenvalue weighted by Crippen LogP contribution is 2.40. The summed E-state index contributed by atoms with van der Waals surface area (Å²) in [7, 11) is -4.77. The molecule has 0 aliphatic rings. The van der Waals surface area contributed by atoms with Crippen LogP contribution >= 0.6 is 22.9 Å². The lowest BCUT2D eigenvalue weighted by Gasteiger charge is -2.10. The smallest absolute Gasteiger partial charge is 0.282 e. The Bertz CT molecular complexity index is 768. The van der Waals surface area contributed by atoms with Crippen LogP contribution in [-0.4, -0.2) is 23.6 Å². The SMILES string of the molecule is Cc1[nH]nc(C(F)S(=O)(=O)c2ncc(Cl)s2)c1C(F)(F)F. The Balaban J connectivity index is 2.53. The molecule has 5 nitrogen and oxygen atoms in total. The molecule has 0 spiro atoms. The van der Waals surface area contributed by atoms with Crippen LogP contribution in [0.2, 0.25) is 4.34 Å². The Morgan fingerprint density at radius 1 is 1.43 bits per heavy atom. The zero-order valence-electron chi connectivity index (χ0n) is 10.1. The van der Waals surface area contributed by atoms with Crippen molar-refractivity contribution in [2.75, 3.05) is 0 Å². The second kappa shape index (κ2) is 5.21. The molecule has 0 aromatic carbocycles. The van der Waals surface area contributed by atoms with Crippen molar-refractivity contribution in [1.82, 2.24) is 15.2 Å². The van der Waals surface area contributed by atoms with Gasteiger partial charge < -0.3 is 0 Å². The van der Waals surface area contributed by atoms with Crippen molar-refractivity contribution in [2.45, 2.75) is 22.9 Å². The minimum Gasteiger partial charge on any atom is -0.282 e.